The third-order valence-electron chi connectivity index (χ3n) is 2.85. The van der Waals surface area contributed by atoms with Crippen LogP contribution in [0.1, 0.15) is 35.7 Å². The third kappa shape index (κ3) is 2.53. The number of esters is 1. The Bertz CT molecular complexity index is 564. The molecule has 2 rings (SSSR count). The summed E-state index contributed by atoms with van der Waals surface area (Å²) in [5, 5.41) is 3.96. The molecular weight excluding hydrogens is 258 g/mol. The standard InChI is InChI=1S/C10H15N3O4S/c1-3-17-10(14)8-11-9(13(2)12-8)7-4-5-18(15,16)6-7/h7H,3-6H2,1-2H3. The highest BCUT2D eigenvalue weighted by Crippen LogP contribution is 2.27. The maximum absolute atomic E-state index is 11.5. The lowest BCUT2D eigenvalue weighted by Crippen LogP contribution is -2.09. The summed E-state index contributed by atoms with van der Waals surface area (Å²) in [5.74, 6) is -0.0187. The molecule has 0 saturated carbocycles. The molecule has 18 heavy (non-hydrogen) atoms. The summed E-state index contributed by atoms with van der Waals surface area (Å²) in [6, 6.07) is 0. The minimum Gasteiger partial charge on any atom is -0.460 e. The van der Waals surface area contributed by atoms with Gasteiger partial charge in [-0.05, 0) is 13.3 Å². The summed E-state index contributed by atoms with van der Waals surface area (Å²) in [6.07, 6.45) is 0.525. The average Bonchev–Trinajstić information content (AvgIpc) is 2.82. The molecule has 1 saturated heterocycles. The lowest BCUT2D eigenvalue weighted by atomic mass is 10.1. The van der Waals surface area contributed by atoms with Gasteiger partial charge in [0.1, 0.15) is 5.82 Å². The summed E-state index contributed by atoms with van der Waals surface area (Å²) < 4.78 is 29.1. The molecule has 1 aliphatic heterocycles. The zero-order valence-corrected chi connectivity index (χ0v) is 11.1. The molecule has 8 heteroatoms. The van der Waals surface area contributed by atoms with E-state index in [2.05, 4.69) is 10.1 Å². The van der Waals surface area contributed by atoms with E-state index in [1.807, 2.05) is 0 Å². The first-order chi connectivity index (χ1) is 8.43. The van der Waals surface area contributed by atoms with Crippen LogP contribution in [0.5, 0.6) is 0 Å². The van der Waals surface area contributed by atoms with E-state index in [9.17, 15) is 13.2 Å². The van der Waals surface area contributed by atoms with Crippen molar-refractivity contribution in [3.8, 4) is 0 Å². The highest BCUT2D eigenvalue weighted by Gasteiger charge is 2.33. The Morgan fingerprint density at radius 3 is 2.83 bits per heavy atom. The molecule has 1 atom stereocenters. The molecule has 1 aromatic heterocycles. The molecular formula is C10H15N3O4S. The maximum Gasteiger partial charge on any atom is 0.378 e. The van der Waals surface area contributed by atoms with Crippen LogP contribution in [0.2, 0.25) is 0 Å². The lowest BCUT2D eigenvalue weighted by Gasteiger charge is -2.04. The van der Waals surface area contributed by atoms with Gasteiger partial charge in [-0.15, -0.1) is 5.10 Å². The topological polar surface area (TPSA) is 91.1 Å². The van der Waals surface area contributed by atoms with Crippen molar-refractivity contribution >= 4 is 15.8 Å². The quantitative estimate of drug-likeness (QED) is 0.714. The number of hydrogen-bond donors (Lipinski definition) is 0. The number of rotatable bonds is 3. The van der Waals surface area contributed by atoms with E-state index >= 15 is 0 Å². The van der Waals surface area contributed by atoms with Gasteiger partial charge in [-0.25, -0.2) is 18.2 Å². The first-order valence-corrected chi connectivity index (χ1v) is 7.53. The van der Waals surface area contributed by atoms with Crippen molar-refractivity contribution in [2.45, 2.75) is 19.3 Å². The van der Waals surface area contributed by atoms with E-state index in [1.54, 1.807) is 14.0 Å². The van der Waals surface area contributed by atoms with Gasteiger partial charge in [0.05, 0.1) is 18.1 Å². The molecule has 0 radical (unpaired) electrons. The molecule has 100 valence electrons. The number of sulfone groups is 1. The van der Waals surface area contributed by atoms with Crippen LogP contribution in [-0.4, -0.2) is 47.3 Å². The van der Waals surface area contributed by atoms with E-state index in [4.69, 9.17) is 4.74 Å². The van der Waals surface area contributed by atoms with Crippen LogP contribution in [0.4, 0.5) is 0 Å². The molecule has 0 aliphatic carbocycles. The Hall–Kier alpha value is -1.44. The number of hydrogen-bond acceptors (Lipinski definition) is 6. The normalized spacial score (nSPS) is 22.0. The second-order valence-electron chi connectivity index (χ2n) is 4.24. The Morgan fingerprint density at radius 2 is 2.28 bits per heavy atom. The SMILES string of the molecule is CCOC(=O)c1nc(C2CCS(=O)(=O)C2)n(C)n1. The fraction of sp³-hybridized carbons (Fsp3) is 0.700. The fourth-order valence-electron chi connectivity index (χ4n) is 2.03. The van der Waals surface area contributed by atoms with Crippen molar-refractivity contribution in [1.82, 2.24) is 14.8 Å². The largest absolute Gasteiger partial charge is 0.460 e. The van der Waals surface area contributed by atoms with Gasteiger partial charge in [-0.3, -0.25) is 4.68 Å². The van der Waals surface area contributed by atoms with Crippen molar-refractivity contribution in [1.29, 1.82) is 0 Å². The minimum atomic E-state index is -2.98. The van der Waals surface area contributed by atoms with Crippen molar-refractivity contribution < 1.29 is 17.9 Å². The molecule has 1 unspecified atom stereocenters. The Kier molecular flexibility index (Phi) is 3.38. The van der Waals surface area contributed by atoms with Crippen LogP contribution in [0, 0.1) is 0 Å². The predicted molar refractivity (Wildman–Crippen MR) is 63.0 cm³/mol. The number of aromatic nitrogens is 3. The van der Waals surface area contributed by atoms with Crippen LogP contribution >= 0.6 is 0 Å². The number of aryl methyl sites for hydroxylation is 1. The van der Waals surface area contributed by atoms with Gasteiger partial charge < -0.3 is 4.74 Å². The minimum absolute atomic E-state index is 0.0151. The van der Waals surface area contributed by atoms with E-state index in [-0.39, 0.29) is 29.9 Å². The maximum atomic E-state index is 11.5. The van der Waals surface area contributed by atoms with Crippen LogP contribution < -0.4 is 0 Å². The van der Waals surface area contributed by atoms with Crippen molar-refractivity contribution in [2.75, 3.05) is 18.1 Å². The Balaban J connectivity index is 2.22. The van der Waals surface area contributed by atoms with E-state index in [1.165, 1.54) is 4.68 Å². The second-order valence-corrected chi connectivity index (χ2v) is 6.47. The third-order valence-corrected chi connectivity index (χ3v) is 4.62. The van der Waals surface area contributed by atoms with Gasteiger partial charge in [-0.1, -0.05) is 0 Å². The summed E-state index contributed by atoms with van der Waals surface area (Å²) in [7, 11) is -1.33. The van der Waals surface area contributed by atoms with Gasteiger partial charge >= 0.3 is 5.97 Å². The Morgan fingerprint density at radius 1 is 1.56 bits per heavy atom. The Labute approximate surface area is 105 Å². The van der Waals surface area contributed by atoms with E-state index in [0.717, 1.165) is 0 Å². The first-order valence-electron chi connectivity index (χ1n) is 5.71. The second kappa shape index (κ2) is 4.68. The zero-order chi connectivity index (χ0) is 13.3. The molecule has 0 bridgehead atoms. The summed E-state index contributed by atoms with van der Waals surface area (Å²) >= 11 is 0. The first kappa shape index (κ1) is 13.0. The molecule has 0 amide bonds. The molecule has 1 aliphatic rings. The van der Waals surface area contributed by atoms with Gasteiger partial charge in [0, 0.05) is 13.0 Å². The predicted octanol–water partition coefficient (Wildman–Crippen LogP) is -0.106. The number of carbonyl (C=O) groups excluding carboxylic acids is 1. The monoisotopic (exact) mass is 273 g/mol. The zero-order valence-electron chi connectivity index (χ0n) is 10.3. The number of carbonyl (C=O) groups is 1. The van der Waals surface area contributed by atoms with Crippen LogP contribution in [0.3, 0.4) is 0 Å². The van der Waals surface area contributed by atoms with Crippen LogP contribution in [0.15, 0.2) is 0 Å². The number of nitrogens with zero attached hydrogens (tertiary/aromatic N) is 3. The van der Waals surface area contributed by atoms with Gasteiger partial charge in [0.2, 0.25) is 0 Å². The molecule has 1 aromatic rings. The highest BCUT2D eigenvalue weighted by molar-refractivity contribution is 7.91. The summed E-state index contributed by atoms with van der Waals surface area (Å²) in [6.45, 7) is 1.95. The lowest BCUT2D eigenvalue weighted by molar-refractivity contribution is 0.0511. The highest BCUT2D eigenvalue weighted by atomic mass is 32.2. The van der Waals surface area contributed by atoms with Crippen LogP contribution in [0.25, 0.3) is 0 Å². The molecule has 0 aromatic carbocycles. The van der Waals surface area contributed by atoms with Crippen molar-refractivity contribution in [2.24, 2.45) is 7.05 Å². The van der Waals surface area contributed by atoms with E-state index in [0.29, 0.717) is 12.2 Å². The average molecular weight is 273 g/mol. The number of ether oxygens (including phenoxy) is 1. The summed E-state index contributed by atoms with van der Waals surface area (Å²) in [5.41, 5.74) is 0. The van der Waals surface area contributed by atoms with Gasteiger partial charge in [0.25, 0.3) is 5.82 Å². The van der Waals surface area contributed by atoms with Gasteiger partial charge in [-0.2, -0.15) is 0 Å². The van der Waals surface area contributed by atoms with Crippen LogP contribution in [-0.2, 0) is 21.6 Å². The molecule has 2 heterocycles. The van der Waals surface area contributed by atoms with Gasteiger partial charge in [0.15, 0.2) is 9.84 Å². The van der Waals surface area contributed by atoms with E-state index < -0.39 is 15.8 Å². The molecule has 1 fully saturated rings. The fourth-order valence-corrected chi connectivity index (χ4v) is 3.77. The molecule has 0 N–H and O–H groups in total. The summed E-state index contributed by atoms with van der Waals surface area (Å²) in [4.78, 5) is 15.6. The smallest absolute Gasteiger partial charge is 0.378 e. The molecule has 0 spiro atoms. The molecule has 7 nitrogen and oxygen atoms in total. The van der Waals surface area contributed by atoms with Crippen molar-refractivity contribution in [3.63, 3.8) is 0 Å². The van der Waals surface area contributed by atoms with Crippen molar-refractivity contribution in [3.05, 3.63) is 11.6 Å².